The van der Waals surface area contributed by atoms with Crippen LogP contribution in [-0.2, 0) is 0 Å². The maximum absolute atomic E-state index is 9.93. The summed E-state index contributed by atoms with van der Waals surface area (Å²) in [7, 11) is 1.46. The second kappa shape index (κ2) is 6.50. The van der Waals surface area contributed by atoms with Gasteiger partial charge in [-0.2, -0.15) is 5.10 Å². The van der Waals surface area contributed by atoms with Gasteiger partial charge in [-0.15, -0.1) is 0 Å². The highest BCUT2D eigenvalue weighted by molar-refractivity contribution is 6.31. The number of halogens is 2. The van der Waals surface area contributed by atoms with E-state index in [1.54, 1.807) is 30.3 Å². The van der Waals surface area contributed by atoms with E-state index in [0.29, 0.717) is 21.4 Å². The summed E-state index contributed by atoms with van der Waals surface area (Å²) in [5, 5.41) is 15.1. The molecule has 0 aliphatic heterocycles. The standard InChI is InChI=1S/C14H12Cl2N2O2/c1-20-13-7-11(16)6-9(14(13)19)8-17-18-12-4-2-10(15)3-5-12/h2-8,18-19H,1H3/b17-8+. The van der Waals surface area contributed by atoms with E-state index < -0.39 is 0 Å². The average molecular weight is 311 g/mol. The van der Waals surface area contributed by atoms with Gasteiger partial charge in [-0.05, 0) is 30.3 Å². The third-order valence-electron chi connectivity index (χ3n) is 2.53. The van der Waals surface area contributed by atoms with Crippen molar-refractivity contribution in [1.82, 2.24) is 0 Å². The lowest BCUT2D eigenvalue weighted by Crippen LogP contribution is -1.93. The molecule has 0 radical (unpaired) electrons. The first-order valence-corrected chi connectivity index (χ1v) is 6.47. The summed E-state index contributed by atoms with van der Waals surface area (Å²) >= 11 is 11.7. The topological polar surface area (TPSA) is 53.8 Å². The molecule has 0 saturated carbocycles. The Morgan fingerprint density at radius 1 is 1.15 bits per heavy atom. The zero-order valence-electron chi connectivity index (χ0n) is 10.6. The summed E-state index contributed by atoms with van der Waals surface area (Å²) in [6.45, 7) is 0. The predicted octanol–water partition coefficient (Wildman–Crippen LogP) is 4.15. The summed E-state index contributed by atoms with van der Waals surface area (Å²) in [5.74, 6) is 0.281. The summed E-state index contributed by atoms with van der Waals surface area (Å²) in [6.07, 6.45) is 1.46. The summed E-state index contributed by atoms with van der Waals surface area (Å²) in [5.41, 5.74) is 4.05. The van der Waals surface area contributed by atoms with Crippen LogP contribution in [0.15, 0.2) is 41.5 Å². The van der Waals surface area contributed by atoms with Gasteiger partial charge in [0, 0.05) is 21.7 Å². The molecule has 20 heavy (non-hydrogen) atoms. The normalized spacial score (nSPS) is 10.8. The molecule has 0 aliphatic rings. The molecule has 2 aromatic rings. The second-order valence-electron chi connectivity index (χ2n) is 3.92. The Morgan fingerprint density at radius 3 is 2.50 bits per heavy atom. The number of aromatic hydroxyl groups is 1. The fraction of sp³-hybridized carbons (Fsp3) is 0.0714. The van der Waals surface area contributed by atoms with Crippen LogP contribution in [0, 0.1) is 0 Å². The molecular formula is C14H12Cl2N2O2. The van der Waals surface area contributed by atoms with Gasteiger partial charge in [0.25, 0.3) is 0 Å². The lowest BCUT2D eigenvalue weighted by Gasteiger charge is -2.06. The number of phenols is 1. The first-order valence-electron chi connectivity index (χ1n) is 5.71. The molecule has 2 N–H and O–H groups in total. The smallest absolute Gasteiger partial charge is 0.166 e. The molecule has 0 bridgehead atoms. The van der Waals surface area contributed by atoms with Crippen LogP contribution in [0.3, 0.4) is 0 Å². The van der Waals surface area contributed by atoms with Gasteiger partial charge in [-0.25, -0.2) is 0 Å². The third-order valence-corrected chi connectivity index (χ3v) is 3.00. The maximum Gasteiger partial charge on any atom is 0.166 e. The molecule has 0 spiro atoms. The summed E-state index contributed by atoms with van der Waals surface area (Å²) in [4.78, 5) is 0. The fourth-order valence-electron chi connectivity index (χ4n) is 1.55. The largest absolute Gasteiger partial charge is 0.504 e. The van der Waals surface area contributed by atoms with Crippen LogP contribution in [-0.4, -0.2) is 18.4 Å². The van der Waals surface area contributed by atoms with E-state index >= 15 is 0 Å². The Bertz CT molecular complexity index is 628. The van der Waals surface area contributed by atoms with Crippen molar-refractivity contribution < 1.29 is 9.84 Å². The molecular weight excluding hydrogens is 299 g/mol. The van der Waals surface area contributed by atoms with Crippen molar-refractivity contribution in [3.63, 3.8) is 0 Å². The van der Waals surface area contributed by atoms with Crippen molar-refractivity contribution in [2.45, 2.75) is 0 Å². The number of phenolic OH excluding ortho intramolecular Hbond substituents is 1. The van der Waals surface area contributed by atoms with Gasteiger partial charge < -0.3 is 9.84 Å². The van der Waals surface area contributed by atoms with Crippen molar-refractivity contribution in [1.29, 1.82) is 0 Å². The number of nitrogens with one attached hydrogen (secondary N) is 1. The highest BCUT2D eigenvalue weighted by atomic mass is 35.5. The average Bonchev–Trinajstić information content (AvgIpc) is 2.44. The molecule has 104 valence electrons. The molecule has 0 fully saturated rings. The number of methoxy groups -OCH3 is 1. The minimum absolute atomic E-state index is 0.0152. The quantitative estimate of drug-likeness (QED) is 0.658. The number of anilines is 1. The SMILES string of the molecule is COc1cc(Cl)cc(/C=N/Nc2ccc(Cl)cc2)c1O. The molecule has 0 aliphatic carbocycles. The number of benzene rings is 2. The molecule has 0 atom stereocenters. The zero-order valence-corrected chi connectivity index (χ0v) is 12.1. The van der Waals surface area contributed by atoms with E-state index in [0.717, 1.165) is 5.69 Å². The Kier molecular flexibility index (Phi) is 4.71. The van der Waals surface area contributed by atoms with Crippen LogP contribution in [0.25, 0.3) is 0 Å². The lowest BCUT2D eigenvalue weighted by atomic mass is 10.2. The van der Waals surface area contributed by atoms with E-state index in [9.17, 15) is 5.11 Å². The van der Waals surface area contributed by atoms with Crippen LogP contribution in [0.4, 0.5) is 5.69 Å². The van der Waals surface area contributed by atoms with E-state index in [2.05, 4.69) is 10.5 Å². The Labute approximate surface area is 126 Å². The van der Waals surface area contributed by atoms with Crippen LogP contribution >= 0.6 is 23.2 Å². The van der Waals surface area contributed by atoms with Gasteiger partial charge in [0.05, 0.1) is 19.0 Å². The molecule has 4 nitrogen and oxygen atoms in total. The number of hydrazone groups is 1. The molecule has 0 unspecified atom stereocenters. The van der Waals surface area contributed by atoms with Gasteiger partial charge in [-0.3, -0.25) is 5.43 Å². The van der Waals surface area contributed by atoms with Gasteiger partial charge in [0.15, 0.2) is 11.5 Å². The number of hydrogen-bond donors (Lipinski definition) is 2. The molecule has 0 aromatic heterocycles. The molecule has 0 amide bonds. The van der Waals surface area contributed by atoms with Gasteiger partial charge in [0.2, 0.25) is 0 Å². The van der Waals surface area contributed by atoms with Crippen LogP contribution in [0.5, 0.6) is 11.5 Å². The summed E-state index contributed by atoms with van der Waals surface area (Å²) < 4.78 is 5.01. The maximum atomic E-state index is 9.93. The zero-order chi connectivity index (χ0) is 14.5. The molecule has 0 saturated heterocycles. The van der Waals surface area contributed by atoms with Crippen molar-refractivity contribution in [2.24, 2.45) is 5.10 Å². The predicted molar refractivity (Wildman–Crippen MR) is 82.3 cm³/mol. The Balaban J connectivity index is 2.15. The van der Waals surface area contributed by atoms with Gasteiger partial charge in [0.1, 0.15) is 0 Å². The van der Waals surface area contributed by atoms with Gasteiger partial charge in [-0.1, -0.05) is 23.2 Å². The lowest BCUT2D eigenvalue weighted by molar-refractivity contribution is 0.373. The van der Waals surface area contributed by atoms with Crippen molar-refractivity contribution in [3.05, 3.63) is 52.0 Å². The first kappa shape index (κ1) is 14.5. The minimum atomic E-state index is -0.0152. The molecule has 6 heteroatoms. The Hall–Kier alpha value is -1.91. The van der Waals surface area contributed by atoms with E-state index in [1.165, 1.54) is 19.4 Å². The van der Waals surface area contributed by atoms with Crippen molar-refractivity contribution in [3.8, 4) is 11.5 Å². The molecule has 2 rings (SSSR count). The number of nitrogens with zero attached hydrogens (tertiary/aromatic N) is 1. The van der Waals surface area contributed by atoms with E-state index in [-0.39, 0.29) is 5.75 Å². The highest BCUT2D eigenvalue weighted by Crippen LogP contribution is 2.32. The molecule has 2 aromatic carbocycles. The van der Waals surface area contributed by atoms with Crippen molar-refractivity contribution in [2.75, 3.05) is 12.5 Å². The minimum Gasteiger partial charge on any atom is -0.504 e. The highest BCUT2D eigenvalue weighted by Gasteiger charge is 2.08. The summed E-state index contributed by atoms with van der Waals surface area (Å²) in [6, 6.07) is 10.2. The van der Waals surface area contributed by atoms with Crippen LogP contribution in [0.2, 0.25) is 10.0 Å². The van der Waals surface area contributed by atoms with E-state index in [1.807, 2.05) is 0 Å². The number of rotatable bonds is 4. The Morgan fingerprint density at radius 2 is 1.85 bits per heavy atom. The second-order valence-corrected chi connectivity index (χ2v) is 4.80. The fourth-order valence-corrected chi connectivity index (χ4v) is 1.89. The van der Waals surface area contributed by atoms with E-state index in [4.69, 9.17) is 27.9 Å². The third kappa shape index (κ3) is 3.56. The monoisotopic (exact) mass is 310 g/mol. The number of hydrogen-bond acceptors (Lipinski definition) is 4. The van der Waals surface area contributed by atoms with Crippen LogP contribution in [0.1, 0.15) is 5.56 Å². The molecule has 0 heterocycles. The van der Waals surface area contributed by atoms with Crippen molar-refractivity contribution >= 4 is 35.1 Å². The van der Waals surface area contributed by atoms with Gasteiger partial charge >= 0.3 is 0 Å². The first-order chi connectivity index (χ1) is 9.60. The number of ether oxygens (including phenoxy) is 1. The van der Waals surface area contributed by atoms with Crippen LogP contribution < -0.4 is 10.2 Å².